The summed E-state index contributed by atoms with van der Waals surface area (Å²) < 4.78 is 16.0. The third kappa shape index (κ3) is 3.13. The highest BCUT2D eigenvalue weighted by molar-refractivity contribution is 7.85. The van der Waals surface area contributed by atoms with Gasteiger partial charge in [-0.25, -0.2) is 9.19 Å². The Morgan fingerprint density at radius 3 is 2.70 bits per heavy atom. The zero-order valence-electron chi connectivity index (χ0n) is 14.4. The maximum atomic E-state index is 12.1. The van der Waals surface area contributed by atoms with Crippen LogP contribution in [0, 0.1) is 0 Å². The van der Waals surface area contributed by atoms with Gasteiger partial charge in [-0.05, 0) is 30.5 Å². The smallest absolute Gasteiger partial charge is 0.129 e. The first-order chi connectivity index (χ1) is 11.0. The summed E-state index contributed by atoms with van der Waals surface area (Å²) in [7, 11) is -1.18. The summed E-state index contributed by atoms with van der Waals surface area (Å²) in [6, 6.07) is 3.85. The number of phenolic OH excluding ortho intramolecular Hbond substituents is 1. The van der Waals surface area contributed by atoms with Gasteiger partial charge in [-0.1, -0.05) is 20.8 Å². The van der Waals surface area contributed by atoms with Crippen LogP contribution in [0.5, 0.6) is 5.75 Å². The second kappa shape index (κ2) is 7.17. The molecule has 2 aromatic rings. The molecule has 0 fully saturated rings. The number of benzene rings is 1. The van der Waals surface area contributed by atoms with Crippen LogP contribution in [0.25, 0.3) is 0 Å². The summed E-state index contributed by atoms with van der Waals surface area (Å²) in [6.07, 6.45) is 6.13. The van der Waals surface area contributed by atoms with Crippen LogP contribution in [0.4, 0.5) is 5.69 Å². The Hall–Kier alpha value is -1.82. The zero-order chi connectivity index (χ0) is 17.1. The van der Waals surface area contributed by atoms with Crippen LogP contribution >= 0.6 is 0 Å². The largest absolute Gasteiger partial charge is 0.508 e. The van der Waals surface area contributed by atoms with E-state index >= 15 is 0 Å². The Labute approximate surface area is 140 Å². The average molecular weight is 335 g/mol. The number of fused-ring (bicyclic) bond motifs is 2. The predicted octanol–water partition coefficient (Wildman–Crippen LogP) is 3.40. The van der Waals surface area contributed by atoms with Gasteiger partial charge in [0.2, 0.25) is 0 Å². The van der Waals surface area contributed by atoms with Crippen LogP contribution < -0.4 is 4.31 Å². The summed E-state index contributed by atoms with van der Waals surface area (Å²) in [5, 5.41) is 10.2. The Morgan fingerprint density at radius 2 is 2.09 bits per heavy atom. The standard InChI is InChI=1S/C15H19N3O2S.C2H6/c1-4-11-7-12-10(2)17-6-5-16-15(17)9-18(21(3)20)13(12)8-14(11)19;1-2/h5-8,10,19H,4,9H2,1-3H3;1-2H3. The molecule has 2 unspecified atom stereocenters. The predicted molar refractivity (Wildman–Crippen MR) is 95.1 cm³/mol. The lowest BCUT2D eigenvalue weighted by atomic mass is 10.0. The Balaban J connectivity index is 0.000000924. The van der Waals surface area contributed by atoms with Gasteiger partial charge in [0, 0.05) is 24.7 Å². The number of nitrogens with zero attached hydrogens (tertiary/aromatic N) is 3. The van der Waals surface area contributed by atoms with E-state index in [9.17, 15) is 9.32 Å². The first-order valence-corrected chi connectivity index (χ1v) is 9.53. The maximum absolute atomic E-state index is 12.1. The molecule has 1 aromatic carbocycles. The van der Waals surface area contributed by atoms with Crippen molar-refractivity contribution in [2.75, 3.05) is 10.6 Å². The number of phenols is 1. The minimum Gasteiger partial charge on any atom is -0.508 e. The Kier molecular flexibility index (Phi) is 5.46. The highest BCUT2D eigenvalue weighted by Crippen LogP contribution is 2.38. The molecule has 2 atom stereocenters. The van der Waals surface area contributed by atoms with E-state index in [2.05, 4.69) is 16.5 Å². The van der Waals surface area contributed by atoms with E-state index in [1.54, 1.807) is 22.8 Å². The molecule has 1 N–H and O–H groups in total. The van der Waals surface area contributed by atoms with Crippen LogP contribution in [0.1, 0.15) is 50.7 Å². The van der Waals surface area contributed by atoms with Crippen molar-refractivity contribution in [3.63, 3.8) is 0 Å². The normalized spacial score (nSPS) is 17.4. The topological polar surface area (TPSA) is 58.4 Å². The molecule has 0 saturated carbocycles. The molecule has 23 heavy (non-hydrogen) atoms. The number of aromatic nitrogens is 2. The molecule has 3 rings (SSSR count). The number of anilines is 1. The fourth-order valence-corrected chi connectivity index (χ4v) is 3.62. The minimum atomic E-state index is -1.18. The average Bonchev–Trinajstić information content (AvgIpc) is 2.97. The molecule has 0 saturated heterocycles. The fraction of sp³-hybridized carbons (Fsp3) is 0.471. The molecule has 5 nitrogen and oxygen atoms in total. The van der Waals surface area contributed by atoms with Crippen molar-refractivity contribution in [2.24, 2.45) is 0 Å². The van der Waals surface area contributed by atoms with E-state index in [1.807, 2.05) is 33.0 Å². The molecule has 0 bridgehead atoms. The number of aryl methyl sites for hydroxylation is 1. The van der Waals surface area contributed by atoms with E-state index in [0.717, 1.165) is 29.1 Å². The number of hydrogen-bond donors (Lipinski definition) is 1. The van der Waals surface area contributed by atoms with Gasteiger partial charge < -0.3 is 9.67 Å². The zero-order valence-corrected chi connectivity index (χ0v) is 15.2. The first-order valence-electron chi connectivity index (χ1n) is 8.01. The summed E-state index contributed by atoms with van der Waals surface area (Å²) in [5.41, 5.74) is 2.80. The van der Waals surface area contributed by atoms with Crippen molar-refractivity contribution >= 4 is 16.7 Å². The van der Waals surface area contributed by atoms with Gasteiger partial charge in [0.25, 0.3) is 0 Å². The van der Waals surface area contributed by atoms with Crippen LogP contribution in [0.2, 0.25) is 0 Å². The fourth-order valence-electron chi connectivity index (χ4n) is 2.89. The van der Waals surface area contributed by atoms with Crippen molar-refractivity contribution in [1.29, 1.82) is 0 Å². The SMILES string of the molecule is CC.CCc1cc2c(cc1O)N(S(C)=O)Cc1nccn1C2C. The summed E-state index contributed by atoms with van der Waals surface area (Å²) in [4.78, 5) is 4.37. The quantitative estimate of drug-likeness (QED) is 0.915. The second-order valence-corrected chi connectivity index (χ2v) is 6.57. The van der Waals surface area contributed by atoms with E-state index in [-0.39, 0.29) is 11.8 Å². The second-order valence-electron chi connectivity index (χ2n) is 5.28. The highest BCUT2D eigenvalue weighted by Gasteiger charge is 2.27. The van der Waals surface area contributed by atoms with Gasteiger partial charge in [-0.3, -0.25) is 4.31 Å². The van der Waals surface area contributed by atoms with Gasteiger partial charge in [0.1, 0.15) is 22.6 Å². The van der Waals surface area contributed by atoms with E-state index in [4.69, 9.17) is 0 Å². The van der Waals surface area contributed by atoms with Crippen LogP contribution in [0.15, 0.2) is 24.5 Å². The van der Waals surface area contributed by atoms with Crippen molar-refractivity contribution in [2.45, 2.75) is 46.7 Å². The number of imidazole rings is 1. The highest BCUT2D eigenvalue weighted by atomic mass is 32.2. The molecule has 0 spiro atoms. The molecule has 126 valence electrons. The van der Waals surface area contributed by atoms with Crippen molar-refractivity contribution < 1.29 is 9.32 Å². The lowest BCUT2D eigenvalue weighted by Crippen LogP contribution is -2.24. The first kappa shape index (κ1) is 17.5. The Bertz CT molecular complexity index is 712. The summed E-state index contributed by atoms with van der Waals surface area (Å²) in [6.45, 7) is 8.59. The lowest BCUT2D eigenvalue weighted by molar-refractivity contribution is 0.468. The Morgan fingerprint density at radius 1 is 1.39 bits per heavy atom. The molecule has 1 aliphatic rings. The van der Waals surface area contributed by atoms with Gasteiger partial charge in [0.05, 0.1) is 18.3 Å². The molecule has 0 aliphatic carbocycles. The monoisotopic (exact) mass is 335 g/mol. The molecular formula is C17H25N3O2S. The third-order valence-electron chi connectivity index (χ3n) is 4.09. The van der Waals surface area contributed by atoms with E-state index in [1.165, 1.54) is 0 Å². The van der Waals surface area contributed by atoms with Crippen LogP contribution in [-0.4, -0.2) is 25.1 Å². The van der Waals surface area contributed by atoms with Crippen LogP contribution in [0.3, 0.4) is 0 Å². The third-order valence-corrected chi connectivity index (χ3v) is 5.04. The minimum absolute atomic E-state index is 0.0944. The molecule has 0 radical (unpaired) electrons. The van der Waals surface area contributed by atoms with Crippen molar-refractivity contribution in [3.8, 4) is 5.75 Å². The number of aromatic hydroxyl groups is 1. The summed E-state index contributed by atoms with van der Waals surface area (Å²) >= 11 is 0. The maximum Gasteiger partial charge on any atom is 0.129 e. The molecule has 1 aliphatic heterocycles. The lowest BCUT2D eigenvalue weighted by Gasteiger charge is -2.23. The van der Waals surface area contributed by atoms with Gasteiger partial charge in [-0.15, -0.1) is 0 Å². The van der Waals surface area contributed by atoms with Crippen molar-refractivity contribution in [3.05, 3.63) is 41.5 Å². The van der Waals surface area contributed by atoms with Gasteiger partial charge >= 0.3 is 0 Å². The van der Waals surface area contributed by atoms with Crippen LogP contribution in [-0.2, 0) is 24.0 Å². The van der Waals surface area contributed by atoms with E-state index in [0.29, 0.717) is 6.54 Å². The number of rotatable bonds is 2. The molecular weight excluding hydrogens is 310 g/mol. The summed E-state index contributed by atoms with van der Waals surface area (Å²) in [5.74, 6) is 1.14. The molecule has 2 heterocycles. The van der Waals surface area contributed by atoms with Gasteiger partial charge in [-0.2, -0.15) is 0 Å². The van der Waals surface area contributed by atoms with Crippen molar-refractivity contribution in [1.82, 2.24) is 9.55 Å². The van der Waals surface area contributed by atoms with E-state index < -0.39 is 11.0 Å². The molecule has 0 amide bonds. The molecule has 6 heteroatoms. The number of hydrogen-bond acceptors (Lipinski definition) is 3. The van der Waals surface area contributed by atoms with Gasteiger partial charge in [0.15, 0.2) is 0 Å². The molecule has 1 aromatic heterocycles.